The quantitative estimate of drug-likeness (QED) is 0.635. The number of nitrogens with zero attached hydrogens (tertiary/aromatic N) is 2. The summed E-state index contributed by atoms with van der Waals surface area (Å²) >= 11 is 6.04. The molecule has 2 aromatic carbocycles. The van der Waals surface area contributed by atoms with Gasteiger partial charge >= 0.3 is 0 Å². The highest BCUT2D eigenvalue weighted by Crippen LogP contribution is 2.35. The van der Waals surface area contributed by atoms with Crippen molar-refractivity contribution in [2.45, 2.75) is 25.2 Å². The van der Waals surface area contributed by atoms with Gasteiger partial charge in [-0.2, -0.15) is 5.10 Å². The van der Waals surface area contributed by atoms with Gasteiger partial charge in [-0.3, -0.25) is 9.59 Å². The molecule has 8 heteroatoms. The van der Waals surface area contributed by atoms with E-state index in [4.69, 9.17) is 16.3 Å². The van der Waals surface area contributed by atoms with Crippen LogP contribution in [0.25, 0.3) is 5.69 Å². The SMILES string of the molecule is Cc1cc(=O)c(C(=O)NCC2(c3ccc(Cl)cc3)CCOCC2)nn1-c1ccccc1F. The number of ether oxygens (including phenoxy) is 1. The zero-order chi connectivity index (χ0) is 22.7. The van der Waals surface area contributed by atoms with Crippen LogP contribution in [-0.2, 0) is 10.2 Å². The van der Waals surface area contributed by atoms with Crippen molar-refractivity contribution < 1.29 is 13.9 Å². The van der Waals surface area contributed by atoms with Gasteiger partial charge in [0, 0.05) is 42.0 Å². The second-order valence-corrected chi connectivity index (χ2v) is 8.38. The number of amides is 1. The van der Waals surface area contributed by atoms with Crippen LogP contribution < -0.4 is 10.7 Å². The summed E-state index contributed by atoms with van der Waals surface area (Å²) in [6.07, 6.45) is 1.44. The van der Waals surface area contributed by atoms with Crippen molar-refractivity contribution in [1.82, 2.24) is 15.1 Å². The molecule has 166 valence electrons. The van der Waals surface area contributed by atoms with Crippen LogP contribution in [0.2, 0.25) is 5.02 Å². The molecule has 1 saturated heterocycles. The van der Waals surface area contributed by atoms with E-state index in [1.54, 1.807) is 25.1 Å². The minimum Gasteiger partial charge on any atom is -0.381 e. The van der Waals surface area contributed by atoms with Crippen molar-refractivity contribution >= 4 is 17.5 Å². The third kappa shape index (κ3) is 4.45. The molecule has 32 heavy (non-hydrogen) atoms. The number of rotatable bonds is 5. The molecule has 0 spiro atoms. The van der Waals surface area contributed by atoms with Crippen LogP contribution in [0.3, 0.4) is 0 Å². The molecule has 4 rings (SSSR count). The number of hydrogen-bond donors (Lipinski definition) is 1. The lowest BCUT2D eigenvalue weighted by Gasteiger charge is -2.38. The van der Waals surface area contributed by atoms with Crippen molar-refractivity contribution in [2.75, 3.05) is 19.8 Å². The number of benzene rings is 2. The van der Waals surface area contributed by atoms with Gasteiger partial charge < -0.3 is 10.1 Å². The molecule has 1 aromatic heterocycles. The largest absolute Gasteiger partial charge is 0.381 e. The fourth-order valence-electron chi connectivity index (χ4n) is 4.04. The molecule has 1 amide bonds. The van der Waals surface area contributed by atoms with Crippen LogP contribution in [0.1, 0.15) is 34.6 Å². The number of hydrogen-bond acceptors (Lipinski definition) is 4. The van der Waals surface area contributed by atoms with Crippen molar-refractivity contribution in [3.8, 4) is 5.69 Å². The van der Waals surface area contributed by atoms with E-state index in [0.717, 1.165) is 18.4 Å². The number of halogens is 2. The summed E-state index contributed by atoms with van der Waals surface area (Å²) < 4.78 is 21.1. The minimum absolute atomic E-state index is 0.168. The van der Waals surface area contributed by atoms with Crippen LogP contribution in [-0.4, -0.2) is 35.4 Å². The van der Waals surface area contributed by atoms with E-state index >= 15 is 0 Å². The second kappa shape index (κ2) is 9.22. The molecule has 0 unspecified atom stereocenters. The number of aromatic nitrogens is 2. The molecule has 2 heterocycles. The van der Waals surface area contributed by atoms with E-state index < -0.39 is 17.2 Å². The molecule has 0 aliphatic carbocycles. The molecular weight excluding hydrogens is 433 g/mol. The van der Waals surface area contributed by atoms with E-state index in [1.807, 2.05) is 24.3 Å². The highest BCUT2D eigenvalue weighted by molar-refractivity contribution is 6.30. The van der Waals surface area contributed by atoms with Crippen LogP contribution in [0.4, 0.5) is 4.39 Å². The Morgan fingerprint density at radius 3 is 2.56 bits per heavy atom. The maximum Gasteiger partial charge on any atom is 0.275 e. The van der Waals surface area contributed by atoms with Gasteiger partial charge in [-0.15, -0.1) is 0 Å². The maximum absolute atomic E-state index is 14.3. The molecule has 3 aromatic rings. The first kappa shape index (κ1) is 22.2. The maximum atomic E-state index is 14.3. The summed E-state index contributed by atoms with van der Waals surface area (Å²) in [7, 11) is 0. The van der Waals surface area contributed by atoms with Crippen LogP contribution in [0.15, 0.2) is 59.4 Å². The van der Waals surface area contributed by atoms with Crippen LogP contribution in [0, 0.1) is 12.7 Å². The monoisotopic (exact) mass is 455 g/mol. The van der Waals surface area contributed by atoms with Crippen LogP contribution in [0.5, 0.6) is 0 Å². The second-order valence-electron chi connectivity index (χ2n) is 7.94. The standard InChI is InChI=1S/C24H23ClFN3O3/c1-16-14-21(30)22(28-29(16)20-5-3-2-4-19(20)26)23(31)27-15-24(10-12-32-13-11-24)17-6-8-18(25)9-7-17/h2-9,14H,10-13,15H2,1H3,(H,27,31). The lowest BCUT2D eigenvalue weighted by Crippen LogP contribution is -2.45. The summed E-state index contributed by atoms with van der Waals surface area (Å²) in [5.74, 6) is -1.10. The molecule has 1 N–H and O–H groups in total. The first-order valence-corrected chi connectivity index (χ1v) is 10.8. The van der Waals surface area contributed by atoms with Gasteiger partial charge in [0.15, 0.2) is 5.69 Å². The highest BCUT2D eigenvalue weighted by Gasteiger charge is 2.35. The smallest absolute Gasteiger partial charge is 0.275 e. The number of aryl methyl sites for hydroxylation is 1. The molecule has 1 aliphatic heterocycles. The Morgan fingerprint density at radius 1 is 1.19 bits per heavy atom. The van der Waals surface area contributed by atoms with Crippen LogP contribution >= 0.6 is 11.6 Å². The predicted octanol–water partition coefficient (Wildman–Crippen LogP) is 3.81. The molecule has 0 bridgehead atoms. The van der Waals surface area contributed by atoms with Crippen molar-refractivity contribution in [3.63, 3.8) is 0 Å². The van der Waals surface area contributed by atoms with E-state index in [0.29, 0.717) is 30.5 Å². The zero-order valence-corrected chi connectivity index (χ0v) is 18.4. The number of para-hydroxylation sites is 1. The first-order chi connectivity index (χ1) is 15.4. The highest BCUT2D eigenvalue weighted by atomic mass is 35.5. The zero-order valence-electron chi connectivity index (χ0n) is 17.6. The Balaban J connectivity index is 1.62. The molecule has 0 saturated carbocycles. The Kier molecular flexibility index (Phi) is 6.39. The van der Waals surface area contributed by atoms with Gasteiger partial charge in [0.05, 0.1) is 0 Å². The Hall–Kier alpha value is -3.03. The first-order valence-electron chi connectivity index (χ1n) is 10.4. The van der Waals surface area contributed by atoms with E-state index in [2.05, 4.69) is 10.4 Å². The van der Waals surface area contributed by atoms with E-state index in [9.17, 15) is 14.0 Å². The normalized spacial score (nSPS) is 15.3. The summed E-state index contributed by atoms with van der Waals surface area (Å²) in [4.78, 5) is 25.5. The number of nitrogens with one attached hydrogen (secondary N) is 1. The van der Waals surface area contributed by atoms with Crippen molar-refractivity contribution in [3.05, 3.63) is 92.6 Å². The molecule has 6 nitrogen and oxygen atoms in total. The molecule has 0 atom stereocenters. The number of carbonyl (C=O) groups excluding carboxylic acids is 1. The summed E-state index contributed by atoms with van der Waals surface area (Å²) in [6, 6.07) is 14.9. The third-order valence-electron chi connectivity index (χ3n) is 5.90. The lowest BCUT2D eigenvalue weighted by atomic mass is 9.74. The van der Waals surface area contributed by atoms with Gasteiger partial charge in [0.1, 0.15) is 11.5 Å². The Bertz CT molecular complexity index is 1190. The van der Waals surface area contributed by atoms with Crippen molar-refractivity contribution in [2.24, 2.45) is 0 Å². The summed E-state index contributed by atoms with van der Waals surface area (Å²) in [6.45, 7) is 3.09. The van der Waals surface area contributed by atoms with Gasteiger partial charge in [0.25, 0.3) is 5.91 Å². The summed E-state index contributed by atoms with van der Waals surface area (Å²) in [5.41, 5.74) is 0.511. The summed E-state index contributed by atoms with van der Waals surface area (Å²) in [5, 5.41) is 7.70. The van der Waals surface area contributed by atoms with Crippen molar-refractivity contribution in [1.29, 1.82) is 0 Å². The fourth-order valence-corrected chi connectivity index (χ4v) is 4.16. The molecule has 1 aliphatic rings. The average molecular weight is 456 g/mol. The lowest BCUT2D eigenvalue weighted by molar-refractivity contribution is 0.0486. The Morgan fingerprint density at radius 2 is 1.88 bits per heavy atom. The van der Waals surface area contributed by atoms with E-state index in [-0.39, 0.29) is 16.8 Å². The number of carbonyl (C=O) groups is 1. The average Bonchev–Trinajstić information content (AvgIpc) is 2.79. The topological polar surface area (TPSA) is 73.2 Å². The predicted molar refractivity (Wildman–Crippen MR) is 120 cm³/mol. The van der Waals surface area contributed by atoms with Gasteiger partial charge in [0.2, 0.25) is 5.43 Å². The van der Waals surface area contributed by atoms with Gasteiger partial charge in [-0.1, -0.05) is 35.9 Å². The van der Waals surface area contributed by atoms with Gasteiger partial charge in [-0.25, -0.2) is 9.07 Å². The Labute approximate surface area is 190 Å². The van der Waals surface area contributed by atoms with E-state index in [1.165, 1.54) is 16.8 Å². The fraction of sp³-hybridized carbons (Fsp3) is 0.292. The molecular formula is C24H23ClFN3O3. The minimum atomic E-state index is -0.597. The van der Waals surface area contributed by atoms with Gasteiger partial charge in [-0.05, 0) is 49.6 Å². The third-order valence-corrected chi connectivity index (χ3v) is 6.15. The molecule has 0 radical (unpaired) electrons. The molecule has 1 fully saturated rings.